The van der Waals surface area contributed by atoms with Crippen LogP contribution in [0.3, 0.4) is 0 Å². The van der Waals surface area contributed by atoms with Crippen LogP contribution in [0.2, 0.25) is 0 Å². The molecule has 0 aromatic rings. The summed E-state index contributed by atoms with van der Waals surface area (Å²) in [6, 6.07) is 0. The minimum Gasteiger partial charge on any atom is -0.481 e. The summed E-state index contributed by atoms with van der Waals surface area (Å²) in [5.74, 6) is -2.96. The standard InChI is InChI=1S/C7H13NO4/c1-4(5(9)10)3-7(2,8)6(11)12/h4H,3,8H2,1-2H3,(H,9,10)(H,11,12)/t4?,7-/m1/s1. The molecule has 0 amide bonds. The fourth-order valence-corrected chi connectivity index (χ4v) is 0.811. The number of rotatable bonds is 4. The largest absolute Gasteiger partial charge is 0.481 e. The monoisotopic (exact) mass is 175 g/mol. The molecule has 12 heavy (non-hydrogen) atoms. The molecule has 1 unspecified atom stereocenters. The van der Waals surface area contributed by atoms with Crippen LogP contribution in [0.1, 0.15) is 20.3 Å². The predicted molar refractivity (Wildman–Crippen MR) is 41.6 cm³/mol. The molecule has 0 saturated carbocycles. The van der Waals surface area contributed by atoms with E-state index in [0.717, 1.165) is 0 Å². The maximum atomic E-state index is 10.5. The molecule has 2 atom stereocenters. The molecule has 0 aliphatic rings. The molecule has 0 heterocycles. The predicted octanol–water partition coefficient (Wildman–Crippen LogP) is -0.101. The average Bonchev–Trinajstić information content (AvgIpc) is 1.85. The number of carbonyl (C=O) groups is 2. The fourth-order valence-electron chi connectivity index (χ4n) is 0.811. The lowest BCUT2D eigenvalue weighted by atomic mass is 9.91. The Balaban J connectivity index is 4.24. The van der Waals surface area contributed by atoms with Gasteiger partial charge in [-0.25, -0.2) is 0 Å². The van der Waals surface area contributed by atoms with Crippen LogP contribution in [0.5, 0.6) is 0 Å². The highest BCUT2D eigenvalue weighted by molar-refractivity contribution is 5.79. The number of hydrogen-bond acceptors (Lipinski definition) is 3. The summed E-state index contributed by atoms with van der Waals surface area (Å²) >= 11 is 0. The number of nitrogens with two attached hydrogens (primary N) is 1. The number of carboxylic acids is 2. The van der Waals surface area contributed by atoms with Gasteiger partial charge in [0.05, 0.1) is 5.92 Å². The number of hydrogen-bond donors (Lipinski definition) is 3. The first-order valence-corrected chi connectivity index (χ1v) is 3.52. The molecule has 5 heteroatoms. The lowest BCUT2D eigenvalue weighted by Crippen LogP contribution is -2.46. The van der Waals surface area contributed by atoms with Gasteiger partial charge in [0, 0.05) is 0 Å². The molecular formula is C7H13NO4. The molecule has 0 rings (SSSR count). The topological polar surface area (TPSA) is 101 Å². The Bertz CT molecular complexity index is 200. The summed E-state index contributed by atoms with van der Waals surface area (Å²) in [6.45, 7) is 2.73. The van der Waals surface area contributed by atoms with Crippen molar-refractivity contribution in [2.75, 3.05) is 0 Å². The Morgan fingerprint density at radius 1 is 1.50 bits per heavy atom. The highest BCUT2D eigenvalue weighted by Crippen LogP contribution is 2.14. The van der Waals surface area contributed by atoms with E-state index in [9.17, 15) is 9.59 Å². The van der Waals surface area contributed by atoms with Crippen LogP contribution in [0.25, 0.3) is 0 Å². The average molecular weight is 175 g/mol. The minimum atomic E-state index is -1.46. The Kier molecular flexibility index (Phi) is 3.21. The SMILES string of the molecule is CC(C[C@@](C)(N)C(=O)O)C(=O)O. The first-order chi connectivity index (χ1) is 5.27. The van der Waals surface area contributed by atoms with Crippen LogP contribution < -0.4 is 5.73 Å². The van der Waals surface area contributed by atoms with Crippen molar-refractivity contribution in [1.29, 1.82) is 0 Å². The molecule has 0 aliphatic carbocycles. The third-order valence-electron chi connectivity index (χ3n) is 1.64. The van der Waals surface area contributed by atoms with E-state index in [1.165, 1.54) is 13.8 Å². The molecular weight excluding hydrogens is 162 g/mol. The summed E-state index contributed by atoms with van der Waals surface area (Å²) in [5.41, 5.74) is 3.87. The van der Waals surface area contributed by atoms with E-state index in [2.05, 4.69) is 0 Å². The van der Waals surface area contributed by atoms with Gasteiger partial charge in [0.2, 0.25) is 0 Å². The molecule has 0 bridgehead atoms. The summed E-state index contributed by atoms with van der Waals surface area (Å²) in [6.07, 6.45) is -0.0718. The van der Waals surface area contributed by atoms with E-state index in [4.69, 9.17) is 15.9 Å². The maximum absolute atomic E-state index is 10.5. The molecule has 0 aromatic carbocycles. The number of carboxylic acid groups (broad SMARTS) is 2. The molecule has 0 radical (unpaired) electrons. The van der Waals surface area contributed by atoms with E-state index in [-0.39, 0.29) is 6.42 Å². The summed E-state index contributed by atoms with van der Waals surface area (Å²) in [4.78, 5) is 20.8. The fraction of sp³-hybridized carbons (Fsp3) is 0.714. The Hall–Kier alpha value is -1.10. The van der Waals surface area contributed by atoms with Crippen LogP contribution in [0.15, 0.2) is 0 Å². The van der Waals surface area contributed by atoms with Crippen molar-refractivity contribution in [3.8, 4) is 0 Å². The molecule has 0 saturated heterocycles. The van der Waals surface area contributed by atoms with Gasteiger partial charge in [-0.15, -0.1) is 0 Å². The van der Waals surface area contributed by atoms with Crippen molar-refractivity contribution >= 4 is 11.9 Å². The summed E-state index contributed by atoms with van der Waals surface area (Å²) < 4.78 is 0. The van der Waals surface area contributed by atoms with Gasteiger partial charge in [0.25, 0.3) is 0 Å². The smallest absolute Gasteiger partial charge is 0.323 e. The Morgan fingerprint density at radius 3 is 2.17 bits per heavy atom. The molecule has 70 valence electrons. The van der Waals surface area contributed by atoms with Gasteiger partial charge in [0.1, 0.15) is 5.54 Å². The van der Waals surface area contributed by atoms with Gasteiger partial charge in [-0.05, 0) is 13.3 Å². The lowest BCUT2D eigenvalue weighted by molar-refractivity contribution is -0.146. The third kappa shape index (κ3) is 2.87. The molecule has 0 aliphatic heterocycles. The highest BCUT2D eigenvalue weighted by atomic mass is 16.4. The molecule has 5 nitrogen and oxygen atoms in total. The van der Waals surface area contributed by atoms with Gasteiger partial charge in [-0.1, -0.05) is 6.92 Å². The first-order valence-electron chi connectivity index (χ1n) is 3.52. The van der Waals surface area contributed by atoms with Gasteiger partial charge in [0.15, 0.2) is 0 Å². The van der Waals surface area contributed by atoms with E-state index < -0.39 is 23.4 Å². The van der Waals surface area contributed by atoms with Crippen molar-refractivity contribution in [3.05, 3.63) is 0 Å². The van der Waals surface area contributed by atoms with Gasteiger partial charge < -0.3 is 15.9 Å². The second-order valence-corrected chi connectivity index (χ2v) is 3.17. The van der Waals surface area contributed by atoms with E-state index in [1.807, 2.05) is 0 Å². The summed E-state index contributed by atoms with van der Waals surface area (Å²) in [7, 11) is 0. The zero-order chi connectivity index (χ0) is 9.94. The second-order valence-electron chi connectivity index (χ2n) is 3.17. The van der Waals surface area contributed by atoms with E-state index in [1.54, 1.807) is 0 Å². The van der Waals surface area contributed by atoms with Crippen LogP contribution in [0.4, 0.5) is 0 Å². The zero-order valence-corrected chi connectivity index (χ0v) is 7.07. The van der Waals surface area contributed by atoms with Crippen molar-refractivity contribution in [1.82, 2.24) is 0 Å². The maximum Gasteiger partial charge on any atom is 0.323 e. The second kappa shape index (κ2) is 3.53. The van der Waals surface area contributed by atoms with E-state index in [0.29, 0.717) is 0 Å². The van der Waals surface area contributed by atoms with Crippen molar-refractivity contribution in [2.45, 2.75) is 25.8 Å². The van der Waals surface area contributed by atoms with Crippen LogP contribution in [0, 0.1) is 5.92 Å². The molecule has 0 aromatic heterocycles. The zero-order valence-electron chi connectivity index (χ0n) is 7.07. The molecule has 0 fully saturated rings. The Labute approximate surface area is 70.2 Å². The van der Waals surface area contributed by atoms with Gasteiger partial charge in [-0.3, -0.25) is 9.59 Å². The van der Waals surface area contributed by atoms with Crippen LogP contribution in [-0.2, 0) is 9.59 Å². The quantitative estimate of drug-likeness (QED) is 0.553. The number of aliphatic carboxylic acids is 2. The van der Waals surface area contributed by atoms with Gasteiger partial charge >= 0.3 is 11.9 Å². The van der Waals surface area contributed by atoms with Crippen molar-refractivity contribution in [2.24, 2.45) is 11.7 Å². The van der Waals surface area contributed by atoms with Crippen LogP contribution >= 0.6 is 0 Å². The lowest BCUT2D eigenvalue weighted by Gasteiger charge is -2.20. The normalized spacial score (nSPS) is 17.9. The van der Waals surface area contributed by atoms with Crippen LogP contribution in [-0.4, -0.2) is 27.7 Å². The third-order valence-corrected chi connectivity index (χ3v) is 1.64. The molecule has 0 spiro atoms. The van der Waals surface area contributed by atoms with Gasteiger partial charge in [-0.2, -0.15) is 0 Å². The highest BCUT2D eigenvalue weighted by Gasteiger charge is 2.32. The van der Waals surface area contributed by atoms with E-state index >= 15 is 0 Å². The van der Waals surface area contributed by atoms with Crippen molar-refractivity contribution in [3.63, 3.8) is 0 Å². The minimum absolute atomic E-state index is 0.0718. The van der Waals surface area contributed by atoms with Crippen molar-refractivity contribution < 1.29 is 19.8 Å². The Morgan fingerprint density at radius 2 is 1.92 bits per heavy atom. The summed E-state index contributed by atoms with van der Waals surface area (Å²) in [5, 5.41) is 17.0. The molecule has 4 N–H and O–H groups in total. The first kappa shape index (κ1) is 10.9.